The fourth-order valence-electron chi connectivity index (χ4n) is 1.34. The average Bonchev–Trinajstić information content (AvgIpc) is 2.38. The maximum Gasteiger partial charge on any atom is 0.254 e. The lowest BCUT2D eigenvalue weighted by molar-refractivity contribution is 0.0946. The van der Waals surface area contributed by atoms with Crippen LogP contribution >= 0.6 is 0 Å². The summed E-state index contributed by atoms with van der Waals surface area (Å²) < 4.78 is 13.3. The normalized spacial score (nSPS) is 10.1. The Morgan fingerprint density at radius 1 is 1.33 bits per heavy atom. The van der Waals surface area contributed by atoms with Crippen LogP contribution in [0.5, 0.6) is 0 Å². The van der Waals surface area contributed by atoms with Crippen LogP contribution in [0.4, 0.5) is 4.39 Å². The molecule has 0 aliphatic carbocycles. The SMILES string of the molecule is Cc1cnc(CNC(=O)c2ccncc2F)cn1. The van der Waals surface area contributed by atoms with Gasteiger partial charge in [0.25, 0.3) is 5.91 Å². The van der Waals surface area contributed by atoms with Crippen LogP contribution in [0, 0.1) is 12.7 Å². The number of aryl methyl sites for hydroxylation is 1. The van der Waals surface area contributed by atoms with E-state index in [1.807, 2.05) is 6.92 Å². The summed E-state index contributed by atoms with van der Waals surface area (Å²) in [5.74, 6) is -1.15. The lowest BCUT2D eigenvalue weighted by Gasteiger charge is -2.05. The summed E-state index contributed by atoms with van der Waals surface area (Å²) in [4.78, 5) is 23.4. The maximum absolute atomic E-state index is 13.3. The Morgan fingerprint density at radius 2 is 2.17 bits per heavy atom. The standard InChI is InChI=1S/C12H11FN4O/c1-8-4-16-9(5-15-8)6-17-12(18)10-2-3-14-7-11(10)13/h2-5,7H,6H2,1H3,(H,17,18). The Balaban J connectivity index is 2.01. The molecule has 0 saturated carbocycles. The van der Waals surface area contributed by atoms with Crippen LogP contribution in [-0.2, 0) is 6.54 Å². The molecule has 2 rings (SSSR count). The van der Waals surface area contributed by atoms with E-state index in [9.17, 15) is 9.18 Å². The molecule has 0 aliphatic rings. The molecule has 0 saturated heterocycles. The molecular weight excluding hydrogens is 235 g/mol. The molecule has 2 aromatic rings. The molecule has 0 radical (unpaired) electrons. The van der Waals surface area contributed by atoms with Crippen molar-refractivity contribution in [1.29, 1.82) is 0 Å². The first-order valence-electron chi connectivity index (χ1n) is 5.32. The first-order chi connectivity index (χ1) is 8.66. The first kappa shape index (κ1) is 12.1. The number of pyridine rings is 1. The number of rotatable bonds is 3. The highest BCUT2D eigenvalue weighted by molar-refractivity contribution is 5.94. The molecule has 0 aliphatic heterocycles. The molecule has 5 nitrogen and oxygen atoms in total. The molecule has 0 aromatic carbocycles. The minimum absolute atomic E-state index is 0.0370. The number of nitrogens with zero attached hydrogens (tertiary/aromatic N) is 3. The highest BCUT2D eigenvalue weighted by atomic mass is 19.1. The van der Waals surface area contributed by atoms with Gasteiger partial charge in [0.1, 0.15) is 0 Å². The van der Waals surface area contributed by atoms with Gasteiger partial charge in [-0.05, 0) is 13.0 Å². The summed E-state index contributed by atoms with van der Waals surface area (Å²) >= 11 is 0. The smallest absolute Gasteiger partial charge is 0.254 e. The van der Waals surface area contributed by atoms with Crippen LogP contribution in [0.2, 0.25) is 0 Å². The Hall–Kier alpha value is -2.37. The summed E-state index contributed by atoms with van der Waals surface area (Å²) in [6.07, 6.45) is 5.54. The fraction of sp³-hybridized carbons (Fsp3) is 0.167. The first-order valence-corrected chi connectivity index (χ1v) is 5.32. The third kappa shape index (κ3) is 2.85. The van der Waals surface area contributed by atoms with Gasteiger partial charge in [-0.25, -0.2) is 4.39 Å². The van der Waals surface area contributed by atoms with Crippen molar-refractivity contribution in [1.82, 2.24) is 20.3 Å². The third-order valence-electron chi connectivity index (χ3n) is 2.28. The van der Waals surface area contributed by atoms with Gasteiger partial charge in [-0.3, -0.25) is 19.7 Å². The van der Waals surface area contributed by atoms with Crippen molar-refractivity contribution in [3.63, 3.8) is 0 Å². The lowest BCUT2D eigenvalue weighted by atomic mass is 10.2. The monoisotopic (exact) mass is 246 g/mol. The third-order valence-corrected chi connectivity index (χ3v) is 2.28. The number of carbonyl (C=O) groups excluding carboxylic acids is 1. The predicted molar refractivity (Wildman–Crippen MR) is 62.1 cm³/mol. The van der Waals surface area contributed by atoms with Gasteiger partial charge < -0.3 is 5.32 Å². The fourth-order valence-corrected chi connectivity index (χ4v) is 1.34. The number of aromatic nitrogens is 3. The van der Waals surface area contributed by atoms with E-state index in [-0.39, 0.29) is 12.1 Å². The maximum atomic E-state index is 13.3. The van der Waals surface area contributed by atoms with Gasteiger partial charge >= 0.3 is 0 Å². The Labute approximate surface area is 103 Å². The van der Waals surface area contributed by atoms with Crippen molar-refractivity contribution >= 4 is 5.91 Å². The van der Waals surface area contributed by atoms with E-state index in [0.717, 1.165) is 11.9 Å². The zero-order valence-corrected chi connectivity index (χ0v) is 9.72. The molecule has 0 spiro atoms. The van der Waals surface area contributed by atoms with Crippen LogP contribution in [0.3, 0.4) is 0 Å². The topological polar surface area (TPSA) is 67.8 Å². The van der Waals surface area contributed by atoms with Crippen LogP contribution in [0.25, 0.3) is 0 Å². The number of nitrogens with one attached hydrogen (secondary N) is 1. The Morgan fingerprint density at radius 3 is 2.83 bits per heavy atom. The second-order valence-electron chi connectivity index (χ2n) is 3.69. The Kier molecular flexibility index (Phi) is 3.57. The van der Waals surface area contributed by atoms with Crippen LogP contribution in [0.1, 0.15) is 21.7 Å². The molecule has 92 valence electrons. The number of hydrogen-bond acceptors (Lipinski definition) is 4. The zero-order valence-electron chi connectivity index (χ0n) is 9.72. The van der Waals surface area contributed by atoms with Crippen LogP contribution < -0.4 is 5.32 Å². The molecule has 0 bridgehead atoms. The van der Waals surface area contributed by atoms with Crippen LogP contribution in [0.15, 0.2) is 30.9 Å². The summed E-state index contributed by atoms with van der Waals surface area (Å²) in [7, 11) is 0. The number of halogens is 1. The number of carbonyl (C=O) groups is 1. The highest BCUT2D eigenvalue weighted by Crippen LogP contribution is 2.04. The summed E-state index contributed by atoms with van der Waals surface area (Å²) in [5, 5.41) is 2.57. The highest BCUT2D eigenvalue weighted by Gasteiger charge is 2.10. The molecule has 18 heavy (non-hydrogen) atoms. The second-order valence-corrected chi connectivity index (χ2v) is 3.69. The van der Waals surface area contributed by atoms with Gasteiger partial charge in [0, 0.05) is 12.4 Å². The molecule has 2 heterocycles. The molecule has 0 fully saturated rings. The zero-order chi connectivity index (χ0) is 13.0. The largest absolute Gasteiger partial charge is 0.346 e. The molecule has 1 N–H and O–H groups in total. The number of hydrogen-bond donors (Lipinski definition) is 1. The lowest BCUT2D eigenvalue weighted by Crippen LogP contribution is -2.24. The van der Waals surface area contributed by atoms with Gasteiger partial charge in [-0.15, -0.1) is 0 Å². The molecule has 0 unspecified atom stereocenters. The van der Waals surface area contributed by atoms with Gasteiger partial charge in [-0.1, -0.05) is 0 Å². The minimum atomic E-state index is -0.648. The number of amides is 1. The van der Waals surface area contributed by atoms with E-state index >= 15 is 0 Å². The summed E-state index contributed by atoms with van der Waals surface area (Å²) in [6, 6.07) is 1.32. The quantitative estimate of drug-likeness (QED) is 0.885. The van der Waals surface area contributed by atoms with Crippen molar-refractivity contribution in [3.8, 4) is 0 Å². The van der Waals surface area contributed by atoms with Gasteiger partial charge in [-0.2, -0.15) is 0 Å². The van der Waals surface area contributed by atoms with Crippen LogP contribution in [-0.4, -0.2) is 20.9 Å². The van der Waals surface area contributed by atoms with Crippen molar-refractivity contribution < 1.29 is 9.18 Å². The average molecular weight is 246 g/mol. The molecule has 6 heteroatoms. The molecule has 0 atom stereocenters. The van der Waals surface area contributed by atoms with Gasteiger partial charge in [0.05, 0.1) is 35.9 Å². The predicted octanol–water partition coefficient (Wildman–Crippen LogP) is 1.25. The molecular formula is C12H11FN4O. The summed E-state index contributed by atoms with van der Waals surface area (Å²) in [5.41, 5.74) is 1.37. The van der Waals surface area contributed by atoms with Crippen molar-refractivity contribution in [2.45, 2.75) is 13.5 Å². The molecule has 2 aromatic heterocycles. The van der Waals surface area contributed by atoms with E-state index in [1.165, 1.54) is 12.3 Å². The van der Waals surface area contributed by atoms with E-state index in [0.29, 0.717) is 5.69 Å². The van der Waals surface area contributed by atoms with Gasteiger partial charge in [0.15, 0.2) is 5.82 Å². The van der Waals surface area contributed by atoms with E-state index in [4.69, 9.17) is 0 Å². The van der Waals surface area contributed by atoms with Crippen molar-refractivity contribution in [3.05, 3.63) is 53.6 Å². The van der Waals surface area contributed by atoms with E-state index < -0.39 is 11.7 Å². The molecule has 1 amide bonds. The van der Waals surface area contributed by atoms with E-state index in [2.05, 4.69) is 20.3 Å². The summed E-state index contributed by atoms with van der Waals surface area (Å²) in [6.45, 7) is 2.02. The van der Waals surface area contributed by atoms with Crippen molar-refractivity contribution in [2.24, 2.45) is 0 Å². The minimum Gasteiger partial charge on any atom is -0.346 e. The second kappa shape index (κ2) is 5.31. The Bertz CT molecular complexity index is 556. The van der Waals surface area contributed by atoms with E-state index in [1.54, 1.807) is 12.4 Å². The van der Waals surface area contributed by atoms with Crippen molar-refractivity contribution in [2.75, 3.05) is 0 Å². The van der Waals surface area contributed by atoms with Gasteiger partial charge in [0.2, 0.25) is 0 Å².